The van der Waals surface area contributed by atoms with Crippen molar-refractivity contribution >= 4 is 6.09 Å². The van der Waals surface area contributed by atoms with Crippen LogP contribution in [0, 0.1) is 0 Å². The third-order valence-corrected chi connectivity index (χ3v) is 5.29. The predicted molar refractivity (Wildman–Crippen MR) is 100 cm³/mol. The van der Waals surface area contributed by atoms with Crippen molar-refractivity contribution < 1.29 is 14.6 Å². The number of amides is 1. The van der Waals surface area contributed by atoms with Gasteiger partial charge in [0.1, 0.15) is 6.61 Å². The lowest BCUT2D eigenvalue weighted by Crippen LogP contribution is -2.35. The van der Waals surface area contributed by atoms with Gasteiger partial charge in [-0.15, -0.1) is 0 Å². The van der Waals surface area contributed by atoms with Crippen molar-refractivity contribution in [3.63, 3.8) is 0 Å². The molecule has 136 valence electrons. The monoisotopic (exact) mass is 352 g/mol. The number of rotatable bonds is 5. The molecule has 5 heteroatoms. The Balaban J connectivity index is 1.32. The second-order valence-electron chi connectivity index (χ2n) is 7.00. The maximum Gasteiger partial charge on any atom is 0.407 e. The molecule has 0 radical (unpaired) electrons. The average Bonchev–Trinajstić information content (AvgIpc) is 3.21. The van der Waals surface area contributed by atoms with Crippen molar-refractivity contribution in [3.8, 4) is 11.1 Å². The number of likely N-dealkylation sites (tertiary alicyclic amines) is 1. The Morgan fingerprint density at radius 1 is 1.12 bits per heavy atom. The van der Waals surface area contributed by atoms with Crippen LogP contribution in [0.4, 0.5) is 4.79 Å². The number of β-amino-alcohol motifs (C(OH)–C–C–N with tert-alkyl or cyclic N) is 1. The zero-order valence-electron chi connectivity index (χ0n) is 14.7. The fraction of sp³-hybridized carbons (Fsp3) is 0.381. The molecule has 0 saturated carbocycles. The van der Waals surface area contributed by atoms with E-state index in [1.807, 2.05) is 24.3 Å². The molecule has 0 spiro atoms. The summed E-state index contributed by atoms with van der Waals surface area (Å²) in [6.07, 6.45) is 0.196. The molecule has 2 aliphatic rings. The SMILES string of the molecule is O=C(NCCN1CC[C@@H](O)C1)OCC1c2ccccc2-c2ccccc21. The lowest BCUT2D eigenvalue weighted by atomic mass is 9.98. The highest BCUT2D eigenvalue weighted by atomic mass is 16.5. The van der Waals surface area contributed by atoms with E-state index in [-0.39, 0.29) is 18.1 Å². The summed E-state index contributed by atoms with van der Waals surface area (Å²) in [6, 6.07) is 16.6. The summed E-state index contributed by atoms with van der Waals surface area (Å²) >= 11 is 0. The minimum absolute atomic E-state index is 0.0851. The maximum absolute atomic E-state index is 12.1. The first kappa shape index (κ1) is 17.1. The lowest BCUT2D eigenvalue weighted by molar-refractivity contribution is 0.141. The first-order valence-electron chi connectivity index (χ1n) is 9.21. The van der Waals surface area contributed by atoms with Gasteiger partial charge in [0.05, 0.1) is 6.10 Å². The third-order valence-electron chi connectivity index (χ3n) is 5.29. The van der Waals surface area contributed by atoms with Gasteiger partial charge in [-0.2, -0.15) is 0 Å². The van der Waals surface area contributed by atoms with Gasteiger partial charge >= 0.3 is 6.09 Å². The fourth-order valence-electron chi connectivity index (χ4n) is 3.98. The topological polar surface area (TPSA) is 61.8 Å². The molecule has 1 saturated heterocycles. The molecule has 1 aliphatic heterocycles. The molecule has 2 aromatic rings. The predicted octanol–water partition coefficient (Wildman–Crippen LogP) is 2.59. The third kappa shape index (κ3) is 3.45. The Kier molecular flexibility index (Phi) is 4.91. The highest BCUT2D eigenvalue weighted by Crippen LogP contribution is 2.44. The van der Waals surface area contributed by atoms with Crippen molar-refractivity contribution in [3.05, 3.63) is 59.7 Å². The smallest absolute Gasteiger partial charge is 0.407 e. The summed E-state index contributed by atoms with van der Waals surface area (Å²) in [5, 5.41) is 12.3. The number of ether oxygens (including phenoxy) is 1. The molecule has 2 aromatic carbocycles. The normalized spacial score (nSPS) is 19.2. The summed E-state index contributed by atoms with van der Waals surface area (Å²) in [7, 11) is 0. The first-order valence-corrected chi connectivity index (χ1v) is 9.21. The molecule has 1 amide bonds. The van der Waals surface area contributed by atoms with E-state index in [9.17, 15) is 9.90 Å². The van der Waals surface area contributed by atoms with E-state index >= 15 is 0 Å². The second kappa shape index (κ2) is 7.48. The summed E-state index contributed by atoms with van der Waals surface area (Å²) < 4.78 is 5.51. The molecule has 5 nitrogen and oxygen atoms in total. The van der Waals surface area contributed by atoms with Crippen molar-refractivity contribution in [1.29, 1.82) is 0 Å². The van der Waals surface area contributed by atoms with Gasteiger partial charge in [0.15, 0.2) is 0 Å². The van der Waals surface area contributed by atoms with Crippen LogP contribution in [0.1, 0.15) is 23.5 Å². The van der Waals surface area contributed by atoms with E-state index in [1.165, 1.54) is 22.3 Å². The van der Waals surface area contributed by atoms with Crippen molar-refractivity contribution in [2.45, 2.75) is 18.4 Å². The number of nitrogens with zero attached hydrogens (tertiary/aromatic N) is 1. The van der Waals surface area contributed by atoms with Gasteiger partial charge < -0.3 is 15.2 Å². The highest BCUT2D eigenvalue weighted by Gasteiger charge is 2.29. The van der Waals surface area contributed by atoms with Crippen LogP contribution >= 0.6 is 0 Å². The van der Waals surface area contributed by atoms with Gasteiger partial charge in [0.2, 0.25) is 0 Å². The number of aliphatic hydroxyl groups is 1. The van der Waals surface area contributed by atoms with Gasteiger partial charge in [-0.1, -0.05) is 48.5 Å². The van der Waals surface area contributed by atoms with E-state index in [1.54, 1.807) is 0 Å². The standard InChI is InChI=1S/C21H24N2O3/c24-15-9-11-23(13-15)12-10-22-21(25)26-14-20-18-7-3-1-5-16(18)17-6-2-4-8-19(17)20/h1-8,15,20,24H,9-14H2,(H,22,25)/t15-/m1/s1. The van der Waals surface area contributed by atoms with Gasteiger partial charge in [-0.05, 0) is 28.7 Å². The van der Waals surface area contributed by atoms with Gasteiger partial charge in [0.25, 0.3) is 0 Å². The minimum Gasteiger partial charge on any atom is -0.449 e. The molecule has 2 N–H and O–H groups in total. The van der Waals surface area contributed by atoms with E-state index in [0.717, 1.165) is 19.5 Å². The molecule has 0 aromatic heterocycles. The van der Waals surface area contributed by atoms with E-state index < -0.39 is 0 Å². The number of carbonyl (C=O) groups excluding carboxylic acids is 1. The molecule has 1 heterocycles. The Labute approximate surface area is 153 Å². The number of hydrogen-bond acceptors (Lipinski definition) is 4. The first-order chi connectivity index (χ1) is 12.7. The summed E-state index contributed by atoms with van der Waals surface area (Å²) in [5.74, 6) is 0.0851. The van der Waals surface area contributed by atoms with Crippen LogP contribution in [-0.4, -0.2) is 55.0 Å². The van der Waals surface area contributed by atoms with Crippen molar-refractivity contribution in [2.75, 3.05) is 32.8 Å². The largest absolute Gasteiger partial charge is 0.449 e. The highest BCUT2D eigenvalue weighted by molar-refractivity contribution is 5.79. The van der Waals surface area contributed by atoms with E-state index in [2.05, 4.69) is 34.5 Å². The Bertz CT molecular complexity index is 747. The van der Waals surface area contributed by atoms with E-state index in [0.29, 0.717) is 19.7 Å². The van der Waals surface area contributed by atoms with Crippen molar-refractivity contribution in [1.82, 2.24) is 10.2 Å². The van der Waals surface area contributed by atoms with Crippen LogP contribution in [0.15, 0.2) is 48.5 Å². The molecule has 26 heavy (non-hydrogen) atoms. The van der Waals surface area contributed by atoms with Crippen LogP contribution in [0.25, 0.3) is 11.1 Å². The molecule has 1 atom stereocenters. The molecular weight excluding hydrogens is 328 g/mol. The Morgan fingerprint density at radius 3 is 2.38 bits per heavy atom. The number of carbonyl (C=O) groups is 1. The molecule has 1 aliphatic carbocycles. The van der Waals surface area contributed by atoms with Crippen LogP contribution in [-0.2, 0) is 4.74 Å². The molecule has 0 unspecified atom stereocenters. The maximum atomic E-state index is 12.1. The molecule has 0 bridgehead atoms. The van der Waals surface area contributed by atoms with Crippen LogP contribution in [0.5, 0.6) is 0 Å². The number of hydrogen-bond donors (Lipinski definition) is 2. The van der Waals surface area contributed by atoms with Crippen LogP contribution in [0.3, 0.4) is 0 Å². The quantitative estimate of drug-likeness (QED) is 0.868. The van der Waals surface area contributed by atoms with Crippen molar-refractivity contribution in [2.24, 2.45) is 0 Å². The van der Waals surface area contributed by atoms with Crippen LogP contribution in [0.2, 0.25) is 0 Å². The fourth-order valence-corrected chi connectivity index (χ4v) is 3.98. The molecule has 1 fully saturated rings. The number of aliphatic hydroxyl groups excluding tert-OH is 1. The van der Waals surface area contributed by atoms with E-state index in [4.69, 9.17) is 4.74 Å². The Hall–Kier alpha value is -2.37. The number of alkyl carbamates (subject to hydrolysis) is 1. The van der Waals surface area contributed by atoms with Crippen LogP contribution < -0.4 is 5.32 Å². The number of nitrogens with one attached hydrogen (secondary N) is 1. The van der Waals surface area contributed by atoms with Gasteiger partial charge in [-0.3, -0.25) is 4.90 Å². The zero-order chi connectivity index (χ0) is 17.9. The van der Waals surface area contributed by atoms with Gasteiger partial charge in [0, 0.05) is 32.1 Å². The molecule has 4 rings (SSSR count). The molecular formula is C21H24N2O3. The Morgan fingerprint density at radius 2 is 1.77 bits per heavy atom. The summed E-state index contributed by atoms with van der Waals surface area (Å²) in [6.45, 7) is 3.17. The minimum atomic E-state index is -0.383. The zero-order valence-corrected chi connectivity index (χ0v) is 14.7. The number of benzene rings is 2. The average molecular weight is 352 g/mol. The number of fused-ring (bicyclic) bond motifs is 3. The lowest BCUT2D eigenvalue weighted by Gasteiger charge is -2.16. The van der Waals surface area contributed by atoms with Gasteiger partial charge in [-0.25, -0.2) is 4.79 Å². The second-order valence-corrected chi connectivity index (χ2v) is 7.00. The summed E-state index contributed by atoms with van der Waals surface area (Å²) in [5.41, 5.74) is 4.88. The summed E-state index contributed by atoms with van der Waals surface area (Å²) in [4.78, 5) is 14.2.